The maximum Gasteiger partial charge on any atom is 0.165 e. The largest absolute Gasteiger partial charge is 0.390 e. The van der Waals surface area contributed by atoms with Crippen molar-refractivity contribution >= 4 is 0 Å². The summed E-state index contributed by atoms with van der Waals surface area (Å²) < 4.78 is 1.81. The number of hydrogen-bond donors (Lipinski definition) is 1. The fraction of sp³-hybridized carbons (Fsp3) is 0.417. The van der Waals surface area contributed by atoms with E-state index in [0.29, 0.717) is 26.2 Å². The maximum absolute atomic E-state index is 9.25. The summed E-state index contributed by atoms with van der Waals surface area (Å²) in [6.07, 6.45) is -0.191. The Labute approximate surface area is 105 Å². The molecule has 1 aromatic carbocycles. The molecule has 0 bridgehead atoms. The van der Waals surface area contributed by atoms with E-state index in [1.54, 1.807) is 4.68 Å². The van der Waals surface area contributed by atoms with Crippen LogP contribution in [-0.4, -0.2) is 49.4 Å². The Hall–Kier alpha value is -1.79. The van der Waals surface area contributed by atoms with Gasteiger partial charge in [-0.1, -0.05) is 30.3 Å². The molecule has 0 aliphatic carbocycles. The predicted molar refractivity (Wildman–Crippen MR) is 64.6 cm³/mol. The van der Waals surface area contributed by atoms with Crippen LogP contribution in [0.2, 0.25) is 0 Å². The van der Waals surface area contributed by atoms with Gasteiger partial charge in [-0.2, -0.15) is 0 Å². The van der Waals surface area contributed by atoms with Crippen LogP contribution in [0.3, 0.4) is 0 Å². The standard InChI is InChI=1S/C12H15N5O/c18-11-7-16(8-11)9-12-13-14-15-17(12)6-10-4-2-1-3-5-10/h1-5,11,18H,6-9H2. The third-order valence-electron chi connectivity index (χ3n) is 3.08. The molecule has 1 saturated heterocycles. The second-order valence-corrected chi connectivity index (χ2v) is 4.59. The quantitative estimate of drug-likeness (QED) is 0.814. The summed E-state index contributed by atoms with van der Waals surface area (Å²) >= 11 is 0. The zero-order valence-electron chi connectivity index (χ0n) is 9.98. The summed E-state index contributed by atoms with van der Waals surface area (Å²) in [4.78, 5) is 2.12. The third kappa shape index (κ3) is 2.39. The normalized spacial score (nSPS) is 16.7. The molecule has 0 spiro atoms. The molecule has 18 heavy (non-hydrogen) atoms. The van der Waals surface area contributed by atoms with Gasteiger partial charge in [-0.15, -0.1) is 5.10 Å². The van der Waals surface area contributed by atoms with Crippen molar-refractivity contribution in [2.75, 3.05) is 13.1 Å². The van der Waals surface area contributed by atoms with Gasteiger partial charge in [0.15, 0.2) is 5.82 Å². The summed E-state index contributed by atoms with van der Waals surface area (Å²) in [5.41, 5.74) is 1.18. The number of likely N-dealkylation sites (tertiary alicyclic amines) is 1. The lowest BCUT2D eigenvalue weighted by Crippen LogP contribution is -2.50. The SMILES string of the molecule is OC1CN(Cc2nnnn2Cc2ccccc2)C1. The number of tetrazole rings is 1. The Morgan fingerprint density at radius 2 is 1.94 bits per heavy atom. The van der Waals surface area contributed by atoms with Crippen molar-refractivity contribution in [3.8, 4) is 0 Å². The van der Waals surface area contributed by atoms with E-state index in [1.807, 2.05) is 18.2 Å². The van der Waals surface area contributed by atoms with Crippen LogP contribution in [0.15, 0.2) is 30.3 Å². The Kier molecular flexibility index (Phi) is 3.04. The van der Waals surface area contributed by atoms with Crippen LogP contribution in [0, 0.1) is 0 Å². The summed E-state index contributed by atoms with van der Waals surface area (Å²) in [5, 5.41) is 21.0. The fourth-order valence-electron chi connectivity index (χ4n) is 2.09. The van der Waals surface area contributed by atoms with Crippen molar-refractivity contribution in [3.63, 3.8) is 0 Å². The molecule has 1 aromatic heterocycles. The smallest absolute Gasteiger partial charge is 0.165 e. The molecular formula is C12H15N5O. The van der Waals surface area contributed by atoms with Crippen LogP contribution in [0.5, 0.6) is 0 Å². The molecule has 2 aromatic rings. The van der Waals surface area contributed by atoms with E-state index >= 15 is 0 Å². The number of nitrogens with zero attached hydrogens (tertiary/aromatic N) is 5. The number of aliphatic hydroxyl groups is 1. The van der Waals surface area contributed by atoms with Crippen LogP contribution in [0.4, 0.5) is 0 Å². The van der Waals surface area contributed by atoms with Crippen molar-refractivity contribution in [1.29, 1.82) is 0 Å². The van der Waals surface area contributed by atoms with Gasteiger partial charge in [-0.05, 0) is 16.0 Å². The predicted octanol–water partition coefficient (Wildman–Crippen LogP) is -0.102. The Morgan fingerprint density at radius 3 is 2.67 bits per heavy atom. The van der Waals surface area contributed by atoms with Crippen LogP contribution in [0.1, 0.15) is 11.4 Å². The number of rotatable bonds is 4. The fourth-order valence-corrected chi connectivity index (χ4v) is 2.09. The summed E-state index contributed by atoms with van der Waals surface area (Å²) in [6, 6.07) is 10.1. The highest BCUT2D eigenvalue weighted by Crippen LogP contribution is 2.11. The van der Waals surface area contributed by atoms with Gasteiger partial charge in [0.05, 0.1) is 19.2 Å². The second kappa shape index (κ2) is 4.83. The average Bonchev–Trinajstić information content (AvgIpc) is 2.76. The minimum atomic E-state index is -0.191. The third-order valence-corrected chi connectivity index (χ3v) is 3.08. The molecule has 6 nitrogen and oxygen atoms in total. The Bertz CT molecular complexity index is 506. The second-order valence-electron chi connectivity index (χ2n) is 4.59. The van der Waals surface area contributed by atoms with Gasteiger partial charge >= 0.3 is 0 Å². The van der Waals surface area contributed by atoms with Crippen LogP contribution >= 0.6 is 0 Å². The van der Waals surface area contributed by atoms with Crippen LogP contribution in [0.25, 0.3) is 0 Å². The van der Waals surface area contributed by atoms with Gasteiger partial charge in [-0.3, -0.25) is 4.90 Å². The van der Waals surface area contributed by atoms with Gasteiger partial charge in [0.2, 0.25) is 0 Å². The van der Waals surface area contributed by atoms with E-state index in [2.05, 4.69) is 32.6 Å². The van der Waals surface area contributed by atoms with Gasteiger partial charge in [-0.25, -0.2) is 4.68 Å². The molecule has 94 valence electrons. The molecule has 1 N–H and O–H groups in total. The molecule has 0 unspecified atom stereocenters. The molecule has 1 aliphatic rings. The number of aliphatic hydroxyl groups excluding tert-OH is 1. The number of hydrogen-bond acceptors (Lipinski definition) is 5. The molecule has 1 aliphatic heterocycles. The zero-order valence-corrected chi connectivity index (χ0v) is 9.98. The first-order valence-electron chi connectivity index (χ1n) is 6.00. The molecule has 2 heterocycles. The summed E-state index contributed by atoms with van der Waals surface area (Å²) in [7, 11) is 0. The molecule has 0 amide bonds. The lowest BCUT2D eigenvalue weighted by molar-refractivity contribution is -0.00498. The van der Waals surface area contributed by atoms with Gasteiger partial charge in [0, 0.05) is 13.1 Å². The van der Waals surface area contributed by atoms with Crippen LogP contribution < -0.4 is 0 Å². The van der Waals surface area contributed by atoms with Crippen LogP contribution in [-0.2, 0) is 13.1 Å². The maximum atomic E-state index is 9.25. The number of aromatic nitrogens is 4. The monoisotopic (exact) mass is 245 g/mol. The van der Waals surface area contributed by atoms with Crippen molar-refractivity contribution < 1.29 is 5.11 Å². The highest BCUT2D eigenvalue weighted by atomic mass is 16.3. The van der Waals surface area contributed by atoms with E-state index in [9.17, 15) is 5.11 Å². The molecule has 0 radical (unpaired) electrons. The Morgan fingerprint density at radius 1 is 1.17 bits per heavy atom. The van der Waals surface area contributed by atoms with E-state index in [4.69, 9.17) is 0 Å². The van der Waals surface area contributed by atoms with Crippen molar-refractivity contribution in [3.05, 3.63) is 41.7 Å². The van der Waals surface area contributed by atoms with Gasteiger partial charge in [0.1, 0.15) is 0 Å². The van der Waals surface area contributed by atoms with E-state index in [-0.39, 0.29) is 6.10 Å². The minimum absolute atomic E-state index is 0.191. The van der Waals surface area contributed by atoms with Gasteiger partial charge < -0.3 is 5.11 Å². The zero-order chi connectivity index (χ0) is 12.4. The molecule has 0 atom stereocenters. The first-order chi connectivity index (χ1) is 8.81. The Balaban J connectivity index is 1.68. The van der Waals surface area contributed by atoms with Crippen molar-refractivity contribution in [1.82, 2.24) is 25.1 Å². The average molecular weight is 245 g/mol. The highest BCUT2D eigenvalue weighted by molar-refractivity contribution is 5.14. The van der Waals surface area contributed by atoms with E-state index in [0.717, 1.165) is 5.82 Å². The lowest BCUT2D eigenvalue weighted by Gasteiger charge is -2.35. The van der Waals surface area contributed by atoms with E-state index in [1.165, 1.54) is 5.56 Å². The summed E-state index contributed by atoms with van der Waals surface area (Å²) in [5.74, 6) is 0.839. The minimum Gasteiger partial charge on any atom is -0.390 e. The summed E-state index contributed by atoms with van der Waals surface area (Å²) in [6.45, 7) is 2.78. The van der Waals surface area contributed by atoms with Crippen molar-refractivity contribution in [2.24, 2.45) is 0 Å². The molecule has 0 saturated carbocycles. The molecule has 3 rings (SSSR count). The van der Waals surface area contributed by atoms with Gasteiger partial charge in [0.25, 0.3) is 0 Å². The highest BCUT2D eigenvalue weighted by Gasteiger charge is 2.25. The van der Waals surface area contributed by atoms with E-state index < -0.39 is 0 Å². The first kappa shape index (κ1) is 11.3. The lowest BCUT2D eigenvalue weighted by atomic mass is 10.2. The first-order valence-corrected chi connectivity index (χ1v) is 6.00. The number of β-amino-alcohol motifs (C(OH)–C–C–N with tert-alkyl or cyclic N) is 1. The molecule has 1 fully saturated rings. The topological polar surface area (TPSA) is 67.1 Å². The molecule has 6 heteroatoms. The molecular weight excluding hydrogens is 230 g/mol. The van der Waals surface area contributed by atoms with Crippen molar-refractivity contribution in [2.45, 2.75) is 19.2 Å². The number of benzene rings is 1.